The molecule has 0 aliphatic heterocycles. The van der Waals surface area contributed by atoms with Crippen LogP contribution in [0.2, 0.25) is 0 Å². The minimum absolute atomic E-state index is 0.377. The lowest BCUT2D eigenvalue weighted by Gasteiger charge is -2.03. The molecule has 92 valence electrons. The van der Waals surface area contributed by atoms with E-state index >= 15 is 0 Å². The molecule has 0 aliphatic rings. The van der Waals surface area contributed by atoms with E-state index in [-0.39, 0.29) is 0 Å². The van der Waals surface area contributed by atoms with Crippen molar-refractivity contribution in [2.75, 3.05) is 25.4 Å². The summed E-state index contributed by atoms with van der Waals surface area (Å²) in [6.07, 6.45) is 4.45. The third-order valence-corrected chi connectivity index (χ3v) is 3.88. The number of unbranched alkanes of at least 4 members (excludes halogenated alkanes) is 3. The predicted octanol–water partition coefficient (Wildman–Crippen LogP) is 0.631. The van der Waals surface area contributed by atoms with Crippen molar-refractivity contribution in [1.82, 2.24) is 5.32 Å². The first-order chi connectivity index (χ1) is 7.06. The first kappa shape index (κ1) is 15.2. The number of hydrogen-bond donors (Lipinski definition) is 3. The SMILES string of the molecule is NCCCCCCNCCSS(=O)(=O)O. The van der Waals surface area contributed by atoms with Crippen LogP contribution < -0.4 is 11.1 Å². The van der Waals surface area contributed by atoms with Crippen LogP contribution >= 0.6 is 10.8 Å². The van der Waals surface area contributed by atoms with Gasteiger partial charge in [-0.05, 0) is 36.7 Å². The summed E-state index contributed by atoms with van der Waals surface area (Å²) in [5, 5.41) is 3.11. The summed E-state index contributed by atoms with van der Waals surface area (Å²) < 4.78 is 29.0. The van der Waals surface area contributed by atoms with Gasteiger partial charge in [-0.3, -0.25) is 4.55 Å². The van der Waals surface area contributed by atoms with Crippen LogP contribution in [0.3, 0.4) is 0 Å². The van der Waals surface area contributed by atoms with Gasteiger partial charge in [-0.25, -0.2) is 0 Å². The molecule has 15 heavy (non-hydrogen) atoms. The van der Waals surface area contributed by atoms with Crippen LogP contribution in [-0.4, -0.2) is 38.4 Å². The molecule has 0 rings (SSSR count). The molecule has 5 nitrogen and oxygen atoms in total. The Balaban J connectivity index is 3.06. The number of rotatable bonds is 10. The molecule has 0 saturated heterocycles. The van der Waals surface area contributed by atoms with Crippen molar-refractivity contribution in [2.45, 2.75) is 25.7 Å². The molecule has 0 radical (unpaired) electrons. The van der Waals surface area contributed by atoms with Gasteiger partial charge in [0, 0.05) is 12.3 Å². The van der Waals surface area contributed by atoms with Crippen LogP contribution in [0.5, 0.6) is 0 Å². The van der Waals surface area contributed by atoms with Gasteiger partial charge in [-0.1, -0.05) is 12.8 Å². The summed E-state index contributed by atoms with van der Waals surface area (Å²) in [5.74, 6) is 0.377. The fourth-order valence-electron chi connectivity index (χ4n) is 1.09. The predicted molar refractivity (Wildman–Crippen MR) is 64.4 cm³/mol. The number of nitrogens with two attached hydrogens (primary N) is 1. The van der Waals surface area contributed by atoms with Crippen LogP contribution in [-0.2, 0) is 9.15 Å². The molecule has 0 atom stereocenters. The average molecular weight is 256 g/mol. The zero-order valence-electron chi connectivity index (χ0n) is 8.81. The largest absolute Gasteiger partial charge is 0.330 e. The Labute approximate surface area is 95.3 Å². The maximum absolute atomic E-state index is 10.3. The Morgan fingerprint density at radius 3 is 2.40 bits per heavy atom. The van der Waals surface area contributed by atoms with E-state index in [9.17, 15) is 8.42 Å². The lowest BCUT2D eigenvalue weighted by Crippen LogP contribution is -2.19. The van der Waals surface area contributed by atoms with Gasteiger partial charge in [0.2, 0.25) is 0 Å². The topological polar surface area (TPSA) is 92.4 Å². The molecular weight excluding hydrogens is 236 g/mol. The second-order valence-corrected chi connectivity index (χ2v) is 6.67. The summed E-state index contributed by atoms with van der Waals surface area (Å²) in [5.41, 5.74) is 5.35. The van der Waals surface area contributed by atoms with Crippen molar-refractivity contribution in [1.29, 1.82) is 0 Å². The highest BCUT2D eigenvalue weighted by atomic mass is 33.1. The molecular formula is C8H20N2O3S2. The molecule has 4 N–H and O–H groups in total. The zero-order chi connectivity index (χ0) is 11.6. The fraction of sp³-hybridized carbons (Fsp3) is 1.00. The highest BCUT2D eigenvalue weighted by Crippen LogP contribution is 2.06. The Morgan fingerprint density at radius 1 is 1.13 bits per heavy atom. The Hall–Kier alpha value is 0.180. The van der Waals surface area contributed by atoms with Gasteiger partial charge in [0.05, 0.1) is 0 Å². The normalized spacial score (nSPS) is 11.9. The van der Waals surface area contributed by atoms with Crippen LogP contribution in [0.25, 0.3) is 0 Å². The van der Waals surface area contributed by atoms with Crippen molar-refractivity contribution >= 4 is 19.9 Å². The van der Waals surface area contributed by atoms with Crippen LogP contribution in [0, 0.1) is 0 Å². The van der Waals surface area contributed by atoms with Gasteiger partial charge in [0.15, 0.2) is 0 Å². The second kappa shape index (κ2) is 9.41. The first-order valence-corrected chi connectivity index (χ1v) is 8.03. The Morgan fingerprint density at radius 2 is 1.80 bits per heavy atom. The molecule has 0 amide bonds. The number of nitrogens with one attached hydrogen (secondary N) is 1. The summed E-state index contributed by atoms with van der Waals surface area (Å²) >= 11 is 0. The van der Waals surface area contributed by atoms with Crippen molar-refractivity contribution in [2.24, 2.45) is 5.73 Å². The first-order valence-electron chi connectivity index (χ1n) is 5.09. The molecule has 0 aromatic carbocycles. The third-order valence-electron chi connectivity index (χ3n) is 1.82. The molecule has 0 unspecified atom stereocenters. The Bertz CT molecular complexity index is 232. The van der Waals surface area contributed by atoms with E-state index in [4.69, 9.17) is 10.3 Å². The second-order valence-electron chi connectivity index (χ2n) is 3.20. The zero-order valence-corrected chi connectivity index (χ0v) is 10.4. The van der Waals surface area contributed by atoms with Gasteiger partial charge >= 0.3 is 9.15 Å². The van der Waals surface area contributed by atoms with E-state index in [1.165, 1.54) is 0 Å². The van der Waals surface area contributed by atoms with Crippen molar-refractivity contribution < 1.29 is 13.0 Å². The van der Waals surface area contributed by atoms with Gasteiger partial charge in [-0.2, -0.15) is 8.42 Å². The smallest absolute Gasteiger partial charge is 0.319 e. The maximum Gasteiger partial charge on any atom is 0.319 e. The minimum Gasteiger partial charge on any atom is -0.330 e. The third kappa shape index (κ3) is 14.2. The minimum atomic E-state index is -3.87. The van der Waals surface area contributed by atoms with Gasteiger partial charge < -0.3 is 11.1 Å². The van der Waals surface area contributed by atoms with E-state index in [0.29, 0.717) is 23.1 Å². The van der Waals surface area contributed by atoms with E-state index < -0.39 is 9.15 Å². The lowest BCUT2D eigenvalue weighted by atomic mass is 10.2. The molecule has 7 heteroatoms. The quantitative estimate of drug-likeness (QED) is 0.302. The van der Waals surface area contributed by atoms with Crippen LogP contribution in [0.4, 0.5) is 0 Å². The average Bonchev–Trinajstić information content (AvgIpc) is 2.14. The maximum atomic E-state index is 10.3. The Kier molecular flexibility index (Phi) is 9.52. The monoisotopic (exact) mass is 256 g/mol. The fourth-order valence-corrected chi connectivity index (χ4v) is 2.41. The molecule has 0 aliphatic carbocycles. The summed E-state index contributed by atoms with van der Waals surface area (Å²) in [4.78, 5) is 0. The van der Waals surface area contributed by atoms with Crippen molar-refractivity contribution in [3.63, 3.8) is 0 Å². The van der Waals surface area contributed by atoms with Gasteiger partial charge in [-0.15, -0.1) is 0 Å². The van der Waals surface area contributed by atoms with E-state index in [1.54, 1.807) is 0 Å². The summed E-state index contributed by atoms with van der Waals surface area (Å²) in [7, 11) is -3.31. The highest BCUT2D eigenvalue weighted by Gasteiger charge is 2.03. The van der Waals surface area contributed by atoms with Crippen molar-refractivity contribution in [3.8, 4) is 0 Å². The molecule has 0 aromatic heterocycles. The van der Waals surface area contributed by atoms with Crippen LogP contribution in [0.15, 0.2) is 0 Å². The molecule has 0 saturated carbocycles. The van der Waals surface area contributed by atoms with Gasteiger partial charge in [0.25, 0.3) is 0 Å². The summed E-state index contributed by atoms with van der Waals surface area (Å²) in [6.45, 7) is 2.23. The van der Waals surface area contributed by atoms with E-state index in [2.05, 4.69) is 5.32 Å². The highest BCUT2D eigenvalue weighted by molar-refractivity contribution is 8.69. The van der Waals surface area contributed by atoms with Gasteiger partial charge in [0.1, 0.15) is 0 Å². The van der Waals surface area contributed by atoms with E-state index in [1.807, 2.05) is 0 Å². The summed E-state index contributed by atoms with van der Waals surface area (Å²) in [6, 6.07) is 0. The molecule has 0 heterocycles. The van der Waals surface area contributed by atoms with E-state index in [0.717, 1.165) is 38.8 Å². The molecule has 0 spiro atoms. The molecule has 0 aromatic rings. The standard InChI is InChI=1S/C8H20N2O3S2/c9-5-3-1-2-4-6-10-7-8-14-15(11,12)13/h10H,1-9H2,(H,11,12,13). The van der Waals surface area contributed by atoms with Crippen LogP contribution in [0.1, 0.15) is 25.7 Å². The lowest BCUT2D eigenvalue weighted by molar-refractivity contribution is 0.503. The van der Waals surface area contributed by atoms with Crippen molar-refractivity contribution in [3.05, 3.63) is 0 Å². The number of hydrogen-bond acceptors (Lipinski definition) is 5. The molecule has 0 fully saturated rings. The molecule has 0 bridgehead atoms.